The molecule has 0 aromatic heterocycles. The first-order chi connectivity index (χ1) is 13.7. The molecule has 6 nitrogen and oxygen atoms in total. The lowest BCUT2D eigenvalue weighted by Crippen LogP contribution is -2.55. The van der Waals surface area contributed by atoms with Crippen molar-refractivity contribution in [2.45, 2.75) is 78.2 Å². The molecule has 166 valence electrons. The van der Waals surface area contributed by atoms with Crippen LogP contribution in [0.15, 0.2) is 18.2 Å². The van der Waals surface area contributed by atoms with Crippen LogP contribution in [0.2, 0.25) is 5.02 Å². The Kier molecular flexibility index (Phi) is 6.13. The molecular formula is C22H34BClN2O4. The van der Waals surface area contributed by atoms with Gasteiger partial charge in [-0.2, -0.15) is 0 Å². The van der Waals surface area contributed by atoms with E-state index in [2.05, 4.69) is 4.90 Å². The Bertz CT molecular complexity index is 793. The Hall–Kier alpha value is -1.44. The van der Waals surface area contributed by atoms with E-state index in [1.165, 1.54) is 0 Å². The minimum Gasteiger partial charge on any atom is -0.444 e. The van der Waals surface area contributed by atoms with Crippen LogP contribution in [0.5, 0.6) is 0 Å². The normalized spacial score (nSPS) is 23.6. The first kappa shape index (κ1) is 23.2. The summed E-state index contributed by atoms with van der Waals surface area (Å²) in [6.45, 7) is 17.8. The number of carbonyl (C=O) groups excluding carboxylic acids is 1. The minimum atomic E-state index is -0.499. The zero-order valence-corrected chi connectivity index (χ0v) is 20.2. The van der Waals surface area contributed by atoms with Crippen molar-refractivity contribution >= 4 is 36.0 Å². The molecule has 0 aliphatic carbocycles. The third-order valence-corrected chi connectivity index (χ3v) is 6.40. The number of hydrogen-bond acceptors (Lipinski definition) is 5. The standard InChI is InChI=1S/C22H34BClN2O4/c1-15-14-25(11-12-26(15)19(27)28-20(2,3)4)18-10-9-16(13-17(18)24)23-29-21(5,6)22(7,8)30-23/h9-10,13,15H,11-12,14H2,1-8H3/t15-/m0/s1. The summed E-state index contributed by atoms with van der Waals surface area (Å²) in [5.41, 5.74) is 0.572. The van der Waals surface area contributed by atoms with Crippen molar-refractivity contribution in [1.29, 1.82) is 0 Å². The predicted molar refractivity (Wildman–Crippen MR) is 122 cm³/mol. The number of hydrogen-bond donors (Lipinski definition) is 0. The second-order valence-corrected chi connectivity index (χ2v) is 10.7. The van der Waals surface area contributed by atoms with Gasteiger partial charge < -0.3 is 23.8 Å². The second kappa shape index (κ2) is 7.92. The largest absolute Gasteiger partial charge is 0.494 e. The van der Waals surface area contributed by atoms with Crippen molar-refractivity contribution in [2.75, 3.05) is 24.5 Å². The summed E-state index contributed by atoms with van der Waals surface area (Å²) in [6.07, 6.45) is -0.267. The lowest BCUT2D eigenvalue weighted by atomic mass is 9.79. The highest BCUT2D eigenvalue weighted by atomic mass is 35.5. The lowest BCUT2D eigenvalue weighted by Gasteiger charge is -2.41. The zero-order chi connectivity index (χ0) is 22.5. The molecular weight excluding hydrogens is 403 g/mol. The van der Waals surface area contributed by atoms with E-state index in [-0.39, 0.29) is 12.1 Å². The number of amides is 1. The van der Waals surface area contributed by atoms with E-state index >= 15 is 0 Å². The van der Waals surface area contributed by atoms with Crippen LogP contribution in [0.1, 0.15) is 55.4 Å². The van der Waals surface area contributed by atoms with E-state index in [1.807, 2.05) is 73.6 Å². The summed E-state index contributed by atoms with van der Waals surface area (Å²) in [5.74, 6) is 0. The average molecular weight is 437 g/mol. The van der Waals surface area contributed by atoms with Crippen LogP contribution in [-0.2, 0) is 14.0 Å². The number of benzene rings is 1. The summed E-state index contributed by atoms with van der Waals surface area (Å²) in [5, 5.41) is 0.653. The molecule has 0 saturated carbocycles. The van der Waals surface area contributed by atoms with Gasteiger partial charge in [-0.1, -0.05) is 17.7 Å². The number of carbonyl (C=O) groups is 1. The molecule has 8 heteroatoms. The minimum absolute atomic E-state index is 0.0208. The van der Waals surface area contributed by atoms with E-state index in [0.29, 0.717) is 24.7 Å². The summed E-state index contributed by atoms with van der Waals surface area (Å²) < 4.78 is 17.8. The molecule has 2 heterocycles. The van der Waals surface area contributed by atoms with Gasteiger partial charge in [0.1, 0.15) is 5.60 Å². The molecule has 0 N–H and O–H groups in total. The first-order valence-corrected chi connectivity index (χ1v) is 11.0. The maximum atomic E-state index is 12.5. The van der Waals surface area contributed by atoms with E-state index in [1.54, 1.807) is 4.90 Å². The molecule has 2 aliphatic heterocycles. The zero-order valence-electron chi connectivity index (χ0n) is 19.4. The van der Waals surface area contributed by atoms with E-state index in [0.717, 1.165) is 11.2 Å². The molecule has 30 heavy (non-hydrogen) atoms. The number of nitrogens with zero attached hydrogens (tertiary/aromatic N) is 2. The van der Waals surface area contributed by atoms with Crippen LogP contribution in [0.25, 0.3) is 0 Å². The Morgan fingerprint density at radius 3 is 2.27 bits per heavy atom. The highest BCUT2D eigenvalue weighted by Gasteiger charge is 2.51. The molecule has 0 unspecified atom stereocenters. The molecule has 2 fully saturated rings. The average Bonchev–Trinajstić information content (AvgIpc) is 2.80. The molecule has 2 saturated heterocycles. The van der Waals surface area contributed by atoms with Crippen molar-refractivity contribution in [3.8, 4) is 0 Å². The van der Waals surface area contributed by atoms with Crippen LogP contribution in [-0.4, -0.2) is 60.6 Å². The highest BCUT2D eigenvalue weighted by molar-refractivity contribution is 6.62. The van der Waals surface area contributed by atoms with E-state index < -0.39 is 23.9 Å². The van der Waals surface area contributed by atoms with E-state index in [9.17, 15) is 4.79 Å². The van der Waals surface area contributed by atoms with Gasteiger partial charge in [0, 0.05) is 25.7 Å². The number of halogens is 1. The van der Waals surface area contributed by atoms with Crippen molar-refractivity contribution in [3.05, 3.63) is 23.2 Å². The van der Waals surface area contributed by atoms with Crippen LogP contribution in [0.4, 0.5) is 10.5 Å². The molecule has 1 aromatic carbocycles. The number of rotatable bonds is 2. The van der Waals surface area contributed by atoms with Crippen LogP contribution in [0.3, 0.4) is 0 Å². The Balaban J connectivity index is 1.69. The van der Waals surface area contributed by atoms with Crippen molar-refractivity contribution in [2.24, 2.45) is 0 Å². The summed E-state index contributed by atoms with van der Waals surface area (Å²) >= 11 is 6.66. The van der Waals surface area contributed by atoms with Crippen LogP contribution >= 0.6 is 11.6 Å². The van der Waals surface area contributed by atoms with Gasteiger partial charge in [-0.3, -0.25) is 0 Å². The topological polar surface area (TPSA) is 51.2 Å². The van der Waals surface area contributed by atoms with Crippen molar-refractivity contribution in [3.63, 3.8) is 0 Å². The van der Waals surface area contributed by atoms with Gasteiger partial charge >= 0.3 is 13.2 Å². The predicted octanol–water partition coefficient (Wildman–Crippen LogP) is 4.08. The van der Waals surface area contributed by atoms with Crippen LogP contribution in [0, 0.1) is 0 Å². The van der Waals surface area contributed by atoms with Crippen molar-refractivity contribution < 1.29 is 18.8 Å². The number of piperazine rings is 1. The maximum absolute atomic E-state index is 12.5. The van der Waals surface area contributed by atoms with Gasteiger partial charge in [0.15, 0.2) is 0 Å². The number of anilines is 1. The molecule has 3 rings (SSSR count). The van der Waals surface area contributed by atoms with E-state index in [4.69, 9.17) is 25.6 Å². The molecule has 1 aromatic rings. The summed E-state index contributed by atoms with van der Waals surface area (Å²) in [6, 6.07) is 5.96. The van der Waals surface area contributed by atoms with Crippen LogP contribution < -0.4 is 10.4 Å². The van der Waals surface area contributed by atoms with Gasteiger partial charge in [-0.15, -0.1) is 0 Å². The Morgan fingerprint density at radius 1 is 1.17 bits per heavy atom. The molecule has 1 amide bonds. The third-order valence-electron chi connectivity index (χ3n) is 6.09. The summed E-state index contributed by atoms with van der Waals surface area (Å²) in [4.78, 5) is 16.5. The molecule has 1 atom stereocenters. The highest BCUT2D eigenvalue weighted by Crippen LogP contribution is 2.37. The van der Waals surface area contributed by atoms with Gasteiger partial charge in [0.05, 0.1) is 21.9 Å². The quantitative estimate of drug-likeness (QED) is 0.654. The fourth-order valence-electron chi connectivity index (χ4n) is 3.67. The molecule has 0 bridgehead atoms. The summed E-state index contributed by atoms with van der Waals surface area (Å²) in [7, 11) is -0.440. The Morgan fingerprint density at radius 2 is 1.77 bits per heavy atom. The lowest BCUT2D eigenvalue weighted by molar-refractivity contribution is 0.00578. The monoisotopic (exact) mass is 436 g/mol. The van der Waals surface area contributed by atoms with Crippen molar-refractivity contribution in [1.82, 2.24) is 4.90 Å². The maximum Gasteiger partial charge on any atom is 0.494 e. The fraction of sp³-hybridized carbons (Fsp3) is 0.682. The number of ether oxygens (including phenoxy) is 1. The van der Waals surface area contributed by atoms with Gasteiger partial charge in [-0.25, -0.2) is 4.79 Å². The fourth-order valence-corrected chi connectivity index (χ4v) is 3.98. The Labute approximate surface area is 185 Å². The van der Waals surface area contributed by atoms with Gasteiger partial charge in [-0.05, 0) is 73.0 Å². The smallest absolute Gasteiger partial charge is 0.444 e. The molecule has 2 aliphatic rings. The second-order valence-electron chi connectivity index (χ2n) is 10.3. The molecule has 0 radical (unpaired) electrons. The van der Waals surface area contributed by atoms with Gasteiger partial charge in [0.25, 0.3) is 0 Å². The third kappa shape index (κ3) is 4.73. The SMILES string of the molecule is C[C@H]1CN(c2ccc(B3OC(C)(C)C(C)(C)O3)cc2Cl)CCN1C(=O)OC(C)(C)C. The first-order valence-electron chi connectivity index (χ1n) is 10.6. The molecule has 0 spiro atoms. The van der Waals surface area contributed by atoms with Gasteiger partial charge in [0.2, 0.25) is 0 Å².